The Morgan fingerprint density at radius 1 is 1.06 bits per heavy atom. The average Bonchev–Trinajstić information content (AvgIpc) is 3.19. The number of amides is 2. The van der Waals surface area contributed by atoms with Crippen LogP contribution < -0.4 is 10.6 Å². The lowest BCUT2D eigenvalue weighted by Crippen LogP contribution is -2.25. The number of benzene rings is 2. The fourth-order valence-corrected chi connectivity index (χ4v) is 4.18. The Labute approximate surface area is 187 Å². The lowest BCUT2D eigenvalue weighted by molar-refractivity contribution is -0.116. The van der Waals surface area contributed by atoms with E-state index in [1.165, 1.54) is 4.70 Å². The predicted molar refractivity (Wildman–Crippen MR) is 126 cm³/mol. The van der Waals surface area contributed by atoms with E-state index >= 15 is 0 Å². The second kappa shape index (κ2) is 12.2. The van der Waals surface area contributed by atoms with Crippen LogP contribution in [0.25, 0.3) is 10.2 Å². The topological polar surface area (TPSA) is 80.3 Å². The molecule has 0 atom stereocenters. The van der Waals surface area contributed by atoms with Crippen molar-refractivity contribution in [1.82, 2.24) is 10.3 Å². The van der Waals surface area contributed by atoms with Crippen molar-refractivity contribution in [2.45, 2.75) is 39.0 Å². The number of fused-ring (bicyclic) bond motifs is 1. The maximum Gasteiger partial charge on any atom is 0.251 e. The lowest BCUT2D eigenvalue weighted by Gasteiger charge is -2.08. The Balaban J connectivity index is 1.38. The van der Waals surface area contributed by atoms with Gasteiger partial charge in [-0.3, -0.25) is 9.59 Å². The summed E-state index contributed by atoms with van der Waals surface area (Å²) in [6, 6.07) is 15.1. The molecule has 3 aromatic rings. The van der Waals surface area contributed by atoms with Gasteiger partial charge in [0, 0.05) is 37.4 Å². The van der Waals surface area contributed by atoms with Crippen molar-refractivity contribution >= 4 is 39.1 Å². The molecule has 0 unspecified atom stereocenters. The van der Waals surface area contributed by atoms with Crippen molar-refractivity contribution in [1.29, 1.82) is 0 Å². The minimum absolute atomic E-state index is 0.0430. The first kappa shape index (κ1) is 22.9. The Morgan fingerprint density at radius 2 is 1.94 bits per heavy atom. The molecule has 31 heavy (non-hydrogen) atoms. The van der Waals surface area contributed by atoms with Gasteiger partial charge in [-0.2, -0.15) is 0 Å². The van der Waals surface area contributed by atoms with E-state index in [1.54, 1.807) is 35.6 Å². The van der Waals surface area contributed by atoms with Gasteiger partial charge in [0.25, 0.3) is 5.91 Å². The highest BCUT2D eigenvalue weighted by atomic mass is 32.1. The summed E-state index contributed by atoms with van der Waals surface area (Å²) in [6.45, 7) is 3.81. The van der Waals surface area contributed by atoms with Gasteiger partial charge in [0.2, 0.25) is 5.91 Å². The molecule has 7 heteroatoms. The third-order valence-electron chi connectivity index (χ3n) is 4.75. The second-order valence-corrected chi connectivity index (χ2v) is 8.33. The van der Waals surface area contributed by atoms with Crippen LogP contribution in [-0.4, -0.2) is 36.6 Å². The quantitative estimate of drug-likeness (QED) is 0.397. The smallest absolute Gasteiger partial charge is 0.251 e. The molecule has 1 heterocycles. The van der Waals surface area contributed by atoms with Crippen LogP contribution in [-0.2, 0) is 16.0 Å². The van der Waals surface area contributed by atoms with E-state index in [0.29, 0.717) is 37.4 Å². The van der Waals surface area contributed by atoms with Crippen molar-refractivity contribution in [2.24, 2.45) is 0 Å². The largest absolute Gasteiger partial charge is 0.382 e. The summed E-state index contributed by atoms with van der Waals surface area (Å²) < 4.78 is 6.46. The van der Waals surface area contributed by atoms with E-state index in [1.807, 2.05) is 25.1 Å². The number of anilines is 1. The third kappa shape index (κ3) is 7.45. The van der Waals surface area contributed by atoms with Crippen molar-refractivity contribution in [2.75, 3.05) is 25.1 Å². The number of para-hydroxylation sites is 1. The van der Waals surface area contributed by atoms with Gasteiger partial charge >= 0.3 is 0 Å². The molecule has 0 bridgehead atoms. The van der Waals surface area contributed by atoms with E-state index in [4.69, 9.17) is 4.74 Å². The molecule has 0 saturated carbocycles. The van der Waals surface area contributed by atoms with Gasteiger partial charge in [0.05, 0.1) is 15.2 Å². The van der Waals surface area contributed by atoms with Gasteiger partial charge in [0.15, 0.2) is 0 Å². The molecular weight excluding hydrogens is 410 g/mol. The van der Waals surface area contributed by atoms with Gasteiger partial charge in [-0.1, -0.05) is 18.2 Å². The van der Waals surface area contributed by atoms with E-state index in [9.17, 15) is 9.59 Å². The van der Waals surface area contributed by atoms with E-state index in [2.05, 4.69) is 21.7 Å². The fraction of sp³-hybridized carbons (Fsp3) is 0.375. The number of hydrogen-bond acceptors (Lipinski definition) is 5. The zero-order valence-corrected chi connectivity index (χ0v) is 18.7. The molecule has 3 rings (SSSR count). The number of nitrogens with one attached hydrogen (secondary N) is 2. The number of aryl methyl sites for hydroxylation is 1. The van der Waals surface area contributed by atoms with Crippen molar-refractivity contribution < 1.29 is 14.3 Å². The zero-order chi connectivity index (χ0) is 21.9. The fourth-order valence-electron chi connectivity index (χ4n) is 3.17. The summed E-state index contributed by atoms with van der Waals surface area (Å²) in [5.74, 6) is -0.193. The Morgan fingerprint density at radius 3 is 2.77 bits per heavy atom. The molecule has 2 aromatic carbocycles. The molecule has 6 nitrogen and oxygen atoms in total. The molecule has 2 N–H and O–H groups in total. The highest BCUT2D eigenvalue weighted by Crippen LogP contribution is 2.23. The van der Waals surface area contributed by atoms with Crippen LogP contribution in [0.2, 0.25) is 0 Å². The Hall–Kier alpha value is -2.77. The summed E-state index contributed by atoms with van der Waals surface area (Å²) in [7, 11) is 0. The summed E-state index contributed by atoms with van der Waals surface area (Å²) >= 11 is 1.72. The first-order chi connectivity index (χ1) is 15.2. The number of thiazole rings is 1. The lowest BCUT2D eigenvalue weighted by atomic mass is 10.1. The second-order valence-electron chi connectivity index (χ2n) is 7.22. The van der Waals surface area contributed by atoms with E-state index in [-0.39, 0.29) is 11.8 Å². The maximum absolute atomic E-state index is 12.3. The van der Waals surface area contributed by atoms with Crippen LogP contribution in [0.1, 0.15) is 48.0 Å². The molecule has 164 valence electrons. The van der Waals surface area contributed by atoms with Gasteiger partial charge in [-0.25, -0.2) is 4.98 Å². The normalized spacial score (nSPS) is 10.9. The summed E-state index contributed by atoms with van der Waals surface area (Å²) in [5, 5.41) is 6.87. The van der Waals surface area contributed by atoms with Crippen molar-refractivity contribution in [3.05, 3.63) is 59.1 Å². The number of ether oxygens (including phenoxy) is 1. The van der Waals surface area contributed by atoms with E-state index in [0.717, 1.165) is 36.2 Å². The number of rotatable bonds is 12. The van der Waals surface area contributed by atoms with Gasteiger partial charge < -0.3 is 15.4 Å². The maximum atomic E-state index is 12.3. The average molecular weight is 440 g/mol. The van der Waals surface area contributed by atoms with Crippen LogP contribution in [0.5, 0.6) is 0 Å². The predicted octanol–water partition coefficient (Wildman–Crippen LogP) is 4.80. The molecule has 2 amide bonds. The molecule has 0 aliphatic rings. The zero-order valence-electron chi connectivity index (χ0n) is 17.9. The Kier molecular flexibility index (Phi) is 8.99. The van der Waals surface area contributed by atoms with Crippen LogP contribution >= 0.6 is 11.3 Å². The highest BCUT2D eigenvalue weighted by molar-refractivity contribution is 7.18. The highest BCUT2D eigenvalue weighted by Gasteiger charge is 2.08. The van der Waals surface area contributed by atoms with Gasteiger partial charge in [0.1, 0.15) is 0 Å². The number of hydrogen-bond donors (Lipinski definition) is 2. The molecule has 0 radical (unpaired) electrons. The van der Waals surface area contributed by atoms with Crippen molar-refractivity contribution in [3.8, 4) is 0 Å². The first-order valence-corrected chi connectivity index (χ1v) is 11.6. The number of carbonyl (C=O) groups excluding carboxylic acids is 2. The van der Waals surface area contributed by atoms with Crippen LogP contribution in [0.4, 0.5) is 5.69 Å². The van der Waals surface area contributed by atoms with Crippen LogP contribution in [0.3, 0.4) is 0 Å². The third-order valence-corrected chi connectivity index (χ3v) is 5.84. The number of carbonyl (C=O) groups is 2. The first-order valence-electron chi connectivity index (χ1n) is 10.8. The molecular formula is C24H29N3O3S. The summed E-state index contributed by atoms with van der Waals surface area (Å²) in [6.07, 6.45) is 3.80. The summed E-state index contributed by atoms with van der Waals surface area (Å²) in [4.78, 5) is 29.2. The minimum atomic E-state index is -0.150. The SMILES string of the molecule is CCOCCCNC(=O)c1cccc(NC(=O)CCCCc2nc3ccccc3s2)c1. The number of nitrogens with zero attached hydrogens (tertiary/aromatic N) is 1. The number of unbranched alkanes of at least 4 members (excludes halogenated alkanes) is 1. The van der Waals surface area contributed by atoms with Gasteiger partial charge in [-0.05, 0) is 62.9 Å². The molecule has 0 saturated heterocycles. The standard InChI is InChI=1S/C24H29N3O3S/c1-2-30-16-8-15-25-24(29)18-9-7-10-19(17-18)26-22(28)13-5-6-14-23-27-20-11-3-4-12-21(20)31-23/h3-4,7,9-12,17H,2,5-6,8,13-16H2,1H3,(H,25,29)(H,26,28). The number of aromatic nitrogens is 1. The molecule has 0 fully saturated rings. The molecule has 1 aromatic heterocycles. The molecule has 0 aliphatic carbocycles. The molecule has 0 spiro atoms. The van der Waals surface area contributed by atoms with Gasteiger partial charge in [-0.15, -0.1) is 11.3 Å². The van der Waals surface area contributed by atoms with E-state index < -0.39 is 0 Å². The molecule has 0 aliphatic heterocycles. The Bertz CT molecular complexity index is 969. The minimum Gasteiger partial charge on any atom is -0.382 e. The van der Waals surface area contributed by atoms with Crippen molar-refractivity contribution in [3.63, 3.8) is 0 Å². The van der Waals surface area contributed by atoms with Crippen LogP contribution in [0, 0.1) is 0 Å². The monoisotopic (exact) mass is 439 g/mol. The summed E-state index contributed by atoms with van der Waals surface area (Å²) in [5.41, 5.74) is 2.21. The van der Waals surface area contributed by atoms with Crippen LogP contribution in [0.15, 0.2) is 48.5 Å².